The number of nitrogens with two attached hydrogens (primary N) is 1. The van der Waals surface area contributed by atoms with Crippen LogP contribution in [0.25, 0.3) is 0 Å². The van der Waals surface area contributed by atoms with E-state index in [1.54, 1.807) is 31.4 Å². The summed E-state index contributed by atoms with van der Waals surface area (Å²) in [6.07, 6.45) is 1.56. The van der Waals surface area contributed by atoms with Gasteiger partial charge in [-0.2, -0.15) is 5.10 Å². The maximum absolute atomic E-state index is 11.8. The van der Waals surface area contributed by atoms with Gasteiger partial charge in [0.25, 0.3) is 5.91 Å². The average Bonchev–Trinajstić information content (AvgIpc) is 2.70. The highest BCUT2D eigenvalue weighted by Crippen LogP contribution is 2.15. The molecule has 1 amide bonds. The Hall–Kier alpha value is -1.64. The van der Waals surface area contributed by atoms with E-state index in [1.165, 1.54) is 4.68 Å². The van der Waals surface area contributed by atoms with E-state index in [0.717, 1.165) is 3.57 Å². The fourth-order valence-electron chi connectivity index (χ4n) is 1.30. The number of nitrogen functional groups attached to an aromatic ring is 1. The highest BCUT2D eigenvalue weighted by atomic mass is 127. The van der Waals surface area contributed by atoms with Gasteiger partial charge < -0.3 is 11.1 Å². The Labute approximate surface area is 111 Å². The second kappa shape index (κ2) is 4.70. The number of aromatic nitrogens is 3. The maximum Gasteiger partial charge on any atom is 0.275 e. The van der Waals surface area contributed by atoms with Gasteiger partial charge in [-0.05, 0) is 40.8 Å². The normalized spacial score (nSPS) is 10.2. The largest absolute Gasteiger partial charge is 0.383 e. The second-order valence-electron chi connectivity index (χ2n) is 3.36. The molecule has 6 nitrogen and oxygen atoms in total. The van der Waals surface area contributed by atoms with E-state index in [9.17, 15) is 4.79 Å². The minimum atomic E-state index is -0.266. The molecule has 17 heavy (non-hydrogen) atoms. The van der Waals surface area contributed by atoms with E-state index >= 15 is 0 Å². The molecule has 3 N–H and O–H groups in total. The summed E-state index contributed by atoms with van der Waals surface area (Å²) < 4.78 is 2.34. The molecule has 2 aromatic rings. The van der Waals surface area contributed by atoms with Crippen LogP contribution >= 0.6 is 22.6 Å². The first-order valence-electron chi connectivity index (χ1n) is 4.79. The second-order valence-corrected chi connectivity index (χ2v) is 4.52. The standard InChI is InChI=1S/C10H10IN5O/c1-16-7(4-5-13-16)10(17)15-8-3-2-6(11)9(12)14-8/h2-5H,1H3,(H3,12,14,15,17). The van der Waals surface area contributed by atoms with Crippen LogP contribution in [0.15, 0.2) is 24.4 Å². The van der Waals surface area contributed by atoms with Crippen molar-refractivity contribution in [3.8, 4) is 0 Å². The summed E-state index contributed by atoms with van der Waals surface area (Å²) in [6.45, 7) is 0. The summed E-state index contributed by atoms with van der Waals surface area (Å²) in [5.74, 6) is 0.556. The smallest absolute Gasteiger partial charge is 0.275 e. The number of carbonyl (C=O) groups is 1. The van der Waals surface area contributed by atoms with Gasteiger partial charge in [0.1, 0.15) is 17.3 Å². The number of nitrogens with one attached hydrogen (secondary N) is 1. The van der Waals surface area contributed by atoms with E-state index in [0.29, 0.717) is 17.3 Å². The minimum Gasteiger partial charge on any atom is -0.383 e. The SMILES string of the molecule is Cn1nccc1C(=O)Nc1ccc(I)c(N)n1. The number of amides is 1. The molecule has 0 aromatic carbocycles. The van der Waals surface area contributed by atoms with Crippen molar-refractivity contribution in [1.82, 2.24) is 14.8 Å². The molecular weight excluding hydrogens is 333 g/mol. The molecular formula is C10H10IN5O. The zero-order valence-electron chi connectivity index (χ0n) is 9.01. The molecule has 0 spiro atoms. The molecule has 0 aliphatic rings. The predicted octanol–water partition coefficient (Wildman–Crippen LogP) is 1.25. The van der Waals surface area contributed by atoms with Gasteiger partial charge in [0.15, 0.2) is 0 Å². The van der Waals surface area contributed by atoms with Crippen molar-refractivity contribution in [3.05, 3.63) is 33.7 Å². The van der Waals surface area contributed by atoms with Gasteiger partial charge in [0.2, 0.25) is 0 Å². The van der Waals surface area contributed by atoms with Crippen LogP contribution in [0.2, 0.25) is 0 Å². The molecule has 0 radical (unpaired) electrons. The van der Waals surface area contributed by atoms with E-state index in [1.807, 2.05) is 0 Å². The first-order valence-corrected chi connectivity index (χ1v) is 5.87. The Balaban J connectivity index is 2.19. The first kappa shape index (κ1) is 11.8. The van der Waals surface area contributed by atoms with Crippen molar-refractivity contribution in [2.24, 2.45) is 7.05 Å². The minimum absolute atomic E-state index is 0.266. The molecule has 0 unspecified atom stereocenters. The molecule has 2 aromatic heterocycles. The van der Waals surface area contributed by atoms with Crippen molar-refractivity contribution in [1.29, 1.82) is 0 Å². The quantitative estimate of drug-likeness (QED) is 0.804. The molecule has 0 aliphatic heterocycles. The number of anilines is 2. The Morgan fingerprint density at radius 1 is 1.47 bits per heavy atom. The molecule has 2 heterocycles. The van der Waals surface area contributed by atoms with Gasteiger partial charge >= 0.3 is 0 Å². The number of rotatable bonds is 2. The van der Waals surface area contributed by atoms with Gasteiger partial charge in [0, 0.05) is 13.2 Å². The van der Waals surface area contributed by atoms with Crippen LogP contribution in [0.3, 0.4) is 0 Å². The number of carbonyl (C=O) groups excluding carboxylic acids is 1. The van der Waals surface area contributed by atoms with E-state index in [4.69, 9.17) is 5.73 Å². The van der Waals surface area contributed by atoms with Crippen molar-refractivity contribution >= 4 is 40.1 Å². The van der Waals surface area contributed by atoms with Gasteiger partial charge in [-0.25, -0.2) is 4.98 Å². The number of halogens is 1. The number of pyridine rings is 1. The summed E-state index contributed by atoms with van der Waals surface area (Å²) in [7, 11) is 1.70. The highest BCUT2D eigenvalue weighted by molar-refractivity contribution is 14.1. The lowest BCUT2D eigenvalue weighted by Gasteiger charge is -2.05. The maximum atomic E-state index is 11.8. The molecule has 0 atom stereocenters. The number of aryl methyl sites for hydroxylation is 1. The fourth-order valence-corrected chi connectivity index (χ4v) is 1.60. The van der Waals surface area contributed by atoms with Crippen molar-refractivity contribution in [3.63, 3.8) is 0 Å². The predicted molar refractivity (Wildman–Crippen MR) is 72.5 cm³/mol. The zero-order chi connectivity index (χ0) is 12.4. The highest BCUT2D eigenvalue weighted by Gasteiger charge is 2.11. The molecule has 0 bridgehead atoms. The third-order valence-electron chi connectivity index (χ3n) is 2.17. The van der Waals surface area contributed by atoms with Gasteiger partial charge in [0.05, 0.1) is 3.57 Å². The lowest BCUT2D eigenvalue weighted by molar-refractivity contribution is 0.101. The van der Waals surface area contributed by atoms with Crippen molar-refractivity contribution in [2.45, 2.75) is 0 Å². The molecule has 0 fully saturated rings. The lowest BCUT2D eigenvalue weighted by atomic mass is 10.4. The Bertz CT molecular complexity index is 566. The molecule has 88 valence electrons. The van der Waals surface area contributed by atoms with Gasteiger partial charge in [-0.15, -0.1) is 0 Å². The average molecular weight is 343 g/mol. The summed E-state index contributed by atoms with van der Waals surface area (Å²) in [4.78, 5) is 15.9. The number of hydrogen-bond donors (Lipinski definition) is 2. The van der Waals surface area contributed by atoms with Crippen LogP contribution in [-0.2, 0) is 7.05 Å². The third kappa shape index (κ3) is 2.54. The van der Waals surface area contributed by atoms with Crippen molar-refractivity contribution < 1.29 is 4.79 Å². The molecule has 7 heteroatoms. The summed E-state index contributed by atoms with van der Waals surface area (Å²) in [5, 5.41) is 6.58. The Morgan fingerprint density at radius 3 is 2.82 bits per heavy atom. The molecule has 0 aliphatic carbocycles. The summed E-state index contributed by atoms with van der Waals surface area (Å²) >= 11 is 2.08. The first-order chi connectivity index (χ1) is 8.08. The molecule has 0 saturated carbocycles. The van der Waals surface area contributed by atoms with Crippen LogP contribution in [0.5, 0.6) is 0 Å². The zero-order valence-corrected chi connectivity index (χ0v) is 11.2. The Kier molecular flexibility index (Phi) is 3.27. The number of hydrogen-bond acceptors (Lipinski definition) is 4. The topological polar surface area (TPSA) is 85.8 Å². The van der Waals surface area contributed by atoms with E-state index < -0.39 is 0 Å². The lowest BCUT2D eigenvalue weighted by Crippen LogP contribution is -2.17. The van der Waals surface area contributed by atoms with Crippen LogP contribution < -0.4 is 11.1 Å². The van der Waals surface area contributed by atoms with Gasteiger partial charge in [-0.3, -0.25) is 9.48 Å². The summed E-state index contributed by atoms with van der Waals surface area (Å²) in [5.41, 5.74) is 6.12. The van der Waals surface area contributed by atoms with E-state index in [-0.39, 0.29) is 5.91 Å². The number of nitrogens with zero attached hydrogens (tertiary/aromatic N) is 3. The van der Waals surface area contributed by atoms with Crippen molar-refractivity contribution in [2.75, 3.05) is 11.1 Å². The van der Waals surface area contributed by atoms with Gasteiger partial charge in [-0.1, -0.05) is 0 Å². The molecule has 0 saturated heterocycles. The summed E-state index contributed by atoms with van der Waals surface area (Å²) in [6, 6.07) is 5.12. The van der Waals surface area contributed by atoms with Crippen LogP contribution in [0.1, 0.15) is 10.5 Å². The monoisotopic (exact) mass is 343 g/mol. The molecule has 2 rings (SSSR count). The fraction of sp³-hybridized carbons (Fsp3) is 0.100. The van der Waals surface area contributed by atoms with Crippen LogP contribution in [0, 0.1) is 3.57 Å². The van der Waals surface area contributed by atoms with Crippen LogP contribution in [-0.4, -0.2) is 20.7 Å². The Morgan fingerprint density at radius 2 is 2.24 bits per heavy atom. The van der Waals surface area contributed by atoms with E-state index in [2.05, 4.69) is 38.0 Å². The van der Waals surface area contributed by atoms with Crippen LogP contribution in [0.4, 0.5) is 11.6 Å². The third-order valence-corrected chi connectivity index (χ3v) is 3.08.